The second-order valence-electron chi connectivity index (χ2n) is 5.08. The summed E-state index contributed by atoms with van der Waals surface area (Å²) >= 11 is 0. The van der Waals surface area contributed by atoms with E-state index in [1.165, 1.54) is 18.2 Å². The monoisotopic (exact) mass is 322 g/mol. The van der Waals surface area contributed by atoms with Crippen LogP contribution in [0.5, 0.6) is 0 Å². The summed E-state index contributed by atoms with van der Waals surface area (Å²) in [7, 11) is -3.77. The molecule has 3 N–H and O–H groups in total. The van der Waals surface area contributed by atoms with Crippen LogP contribution in [0.3, 0.4) is 0 Å². The highest BCUT2D eigenvalue weighted by molar-refractivity contribution is 7.89. The van der Waals surface area contributed by atoms with Crippen LogP contribution in [0.15, 0.2) is 29.2 Å². The average Bonchev–Trinajstić information content (AvgIpc) is 2.37. The zero-order chi connectivity index (χ0) is 13.9. The minimum Gasteiger partial charge on any atom is -0.328 e. The molecule has 1 aromatic rings. The molecular formula is C13H20ClFN2O2S. The second kappa shape index (κ2) is 7.36. The molecule has 0 radical (unpaired) electrons. The molecule has 0 aromatic heterocycles. The van der Waals surface area contributed by atoms with E-state index in [0.717, 1.165) is 31.7 Å². The highest BCUT2D eigenvalue weighted by Crippen LogP contribution is 2.23. The van der Waals surface area contributed by atoms with Crippen LogP contribution in [0.4, 0.5) is 4.39 Å². The summed E-state index contributed by atoms with van der Waals surface area (Å²) in [6.07, 6.45) is 3.80. The van der Waals surface area contributed by atoms with E-state index in [9.17, 15) is 12.8 Å². The number of benzene rings is 1. The van der Waals surface area contributed by atoms with Crippen LogP contribution >= 0.6 is 12.4 Å². The van der Waals surface area contributed by atoms with Crippen molar-refractivity contribution in [1.29, 1.82) is 0 Å². The van der Waals surface area contributed by atoms with Gasteiger partial charge in [0, 0.05) is 12.6 Å². The quantitative estimate of drug-likeness (QED) is 0.891. The normalized spacial score (nSPS) is 23.1. The van der Waals surface area contributed by atoms with Crippen molar-refractivity contribution in [1.82, 2.24) is 4.72 Å². The lowest BCUT2D eigenvalue weighted by Crippen LogP contribution is -2.35. The van der Waals surface area contributed by atoms with Gasteiger partial charge in [-0.1, -0.05) is 18.6 Å². The SMILES string of the molecule is Cl.NC1CCCC(CNS(=O)(=O)c2ccccc2F)C1. The fraction of sp³-hybridized carbons (Fsp3) is 0.538. The first kappa shape index (κ1) is 17.4. The van der Waals surface area contributed by atoms with E-state index in [0.29, 0.717) is 6.54 Å². The Hall–Kier alpha value is -0.690. The van der Waals surface area contributed by atoms with Crippen molar-refractivity contribution >= 4 is 22.4 Å². The predicted octanol–water partition coefficient (Wildman–Crippen LogP) is 2.04. The summed E-state index contributed by atoms with van der Waals surface area (Å²) in [5, 5.41) is 0. The molecular weight excluding hydrogens is 303 g/mol. The summed E-state index contributed by atoms with van der Waals surface area (Å²) in [6.45, 7) is 0.324. The predicted molar refractivity (Wildman–Crippen MR) is 78.8 cm³/mol. The number of hydrogen-bond acceptors (Lipinski definition) is 3. The Bertz CT molecular complexity index is 539. The maximum Gasteiger partial charge on any atom is 0.243 e. The lowest BCUT2D eigenvalue weighted by Gasteiger charge is -2.26. The molecule has 0 saturated heterocycles. The number of rotatable bonds is 4. The lowest BCUT2D eigenvalue weighted by molar-refractivity contribution is 0.322. The summed E-state index contributed by atoms with van der Waals surface area (Å²) in [5.41, 5.74) is 5.86. The molecule has 2 unspecified atom stereocenters. The Labute approximate surface area is 125 Å². The fourth-order valence-corrected chi connectivity index (χ4v) is 3.68. The van der Waals surface area contributed by atoms with Crippen molar-refractivity contribution in [2.24, 2.45) is 11.7 Å². The summed E-state index contributed by atoms with van der Waals surface area (Å²) in [5.74, 6) is -0.486. The van der Waals surface area contributed by atoms with Gasteiger partial charge in [0.2, 0.25) is 10.0 Å². The molecule has 0 heterocycles. The van der Waals surface area contributed by atoms with Gasteiger partial charge in [0.15, 0.2) is 0 Å². The third-order valence-electron chi connectivity index (χ3n) is 3.51. The van der Waals surface area contributed by atoms with E-state index in [1.54, 1.807) is 0 Å². The molecule has 20 heavy (non-hydrogen) atoms. The van der Waals surface area contributed by atoms with Crippen molar-refractivity contribution in [3.05, 3.63) is 30.1 Å². The van der Waals surface area contributed by atoms with Gasteiger partial charge >= 0.3 is 0 Å². The van der Waals surface area contributed by atoms with Crippen LogP contribution in [0.2, 0.25) is 0 Å². The fourth-order valence-electron chi connectivity index (χ4n) is 2.49. The van der Waals surface area contributed by atoms with Gasteiger partial charge in [-0.15, -0.1) is 12.4 Å². The number of hydrogen-bond donors (Lipinski definition) is 2. The van der Waals surface area contributed by atoms with Crippen molar-refractivity contribution in [3.8, 4) is 0 Å². The number of nitrogens with two attached hydrogens (primary N) is 1. The van der Waals surface area contributed by atoms with Crippen LogP contribution in [0.25, 0.3) is 0 Å². The van der Waals surface area contributed by atoms with E-state index in [1.807, 2.05) is 0 Å². The van der Waals surface area contributed by atoms with E-state index in [-0.39, 0.29) is 29.3 Å². The maximum atomic E-state index is 13.5. The van der Waals surface area contributed by atoms with Gasteiger partial charge in [-0.3, -0.25) is 0 Å². The maximum absolute atomic E-state index is 13.5. The number of halogens is 2. The first-order valence-electron chi connectivity index (χ1n) is 6.49. The van der Waals surface area contributed by atoms with Gasteiger partial charge in [-0.25, -0.2) is 17.5 Å². The molecule has 7 heteroatoms. The van der Waals surface area contributed by atoms with Crippen molar-refractivity contribution in [3.63, 3.8) is 0 Å². The van der Waals surface area contributed by atoms with Crippen LogP contribution in [-0.2, 0) is 10.0 Å². The van der Waals surface area contributed by atoms with E-state index in [2.05, 4.69) is 4.72 Å². The first-order valence-corrected chi connectivity index (χ1v) is 7.97. The smallest absolute Gasteiger partial charge is 0.243 e. The van der Waals surface area contributed by atoms with Gasteiger partial charge < -0.3 is 5.73 Å². The topological polar surface area (TPSA) is 72.2 Å². The van der Waals surface area contributed by atoms with Gasteiger partial charge in [-0.05, 0) is 37.3 Å². The van der Waals surface area contributed by atoms with E-state index >= 15 is 0 Å². The molecule has 2 atom stereocenters. The van der Waals surface area contributed by atoms with Gasteiger partial charge in [0.1, 0.15) is 10.7 Å². The highest BCUT2D eigenvalue weighted by Gasteiger charge is 2.23. The zero-order valence-corrected chi connectivity index (χ0v) is 12.7. The van der Waals surface area contributed by atoms with Gasteiger partial charge in [0.25, 0.3) is 0 Å². The Morgan fingerprint density at radius 3 is 2.65 bits per heavy atom. The largest absolute Gasteiger partial charge is 0.328 e. The molecule has 0 spiro atoms. The van der Waals surface area contributed by atoms with Gasteiger partial charge in [-0.2, -0.15) is 0 Å². The van der Waals surface area contributed by atoms with Gasteiger partial charge in [0.05, 0.1) is 0 Å². The Morgan fingerprint density at radius 2 is 2.00 bits per heavy atom. The van der Waals surface area contributed by atoms with E-state index in [4.69, 9.17) is 5.73 Å². The van der Waals surface area contributed by atoms with E-state index < -0.39 is 15.8 Å². The molecule has 1 fully saturated rings. The average molecular weight is 323 g/mol. The standard InChI is InChI=1S/C13H19FN2O2S.ClH/c14-12-6-1-2-7-13(12)19(17,18)16-9-10-4-3-5-11(15)8-10;/h1-2,6-7,10-11,16H,3-5,8-9,15H2;1H. The van der Waals surface area contributed by atoms with Crippen molar-refractivity contribution in [2.45, 2.75) is 36.6 Å². The molecule has 1 aromatic carbocycles. The molecule has 0 bridgehead atoms. The first-order chi connectivity index (χ1) is 8.99. The van der Waals surface area contributed by atoms with Crippen LogP contribution in [0.1, 0.15) is 25.7 Å². The minimum atomic E-state index is -3.77. The van der Waals surface area contributed by atoms with Crippen molar-refractivity contribution in [2.75, 3.05) is 6.54 Å². The molecule has 0 aliphatic heterocycles. The Balaban J connectivity index is 0.00000200. The third kappa shape index (κ3) is 4.41. The summed E-state index contributed by atoms with van der Waals surface area (Å²) in [6, 6.07) is 5.54. The van der Waals surface area contributed by atoms with Crippen LogP contribution in [0, 0.1) is 11.7 Å². The molecule has 4 nitrogen and oxygen atoms in total. The number of nitrogens with one attached hydrogen (secondary N) is 1. The lowest BCUT2D eigenvalue weighted by atomic mass is 9.86. The highest BCUT2D eigenvalue weighted by atomic mass is 35.5. The summed E-state index contributed by atoms with van der Waals surface area (Å²) < 4.78 is 39.9. The zero-order valence-electron chi connectivity index (χ0n) is 11.1. The Morgan fingerprint density at radius 1 is 1.30 bits per heavy atom. The van der Waals surface area contributed by atoms with Crippen molar-refractivity contribution < 1.29 is 12.8 Å². The third-order valence-corrected chi connectivity index (χ3v) is 4.97. The van der Waals surface area contributed by atoms with Crippen LogP contribution in [-0.4, -0.2) is 21.0 Å². The molecule has 1 aliphatic rings. The summed E-state index contributed by atoms with van der Waals surface area (Å²) in [4.78, 5) is -0.296. The van der Waals surface area contributed by atoms with Crippen LogP contribution < -0.4 is 10.5 Å². The molecule has 114 valence electrons. The molecule has 1 saturated carbocycles. The Kier molecular flexibility index (Phi) is 6.39. The minimum absolute atomic E-state index is 0. The second-order valence-corrected chi connectivity index (χ2v) is 6.81. The number of sulfonamides is 1. The molecule has 1 aliphatic carbocycles. The molecule has 0 amide bonds. The molecule has 2 rings (SSSR count).